The van der Waals surface area contributed by atoms with Crippen LogP contribution in [0.2, 0.25) is 0 Å². The predicted molar refractivity (Wildman–Crippen MR) is 124 cm³/mol. The number of fused-ring (bicyclic) bond motifs is 1. The minimum Gasteiger partial charge on any atom is -0.381 e. The number of rotatable bonds is 8. The van der Waals surface area contributed by atoms with Crippen LogP contribution in [0.5, 0.6) is 0 Å². The van der Waals surface area contributed by atoms with E-state index < -0.39 is 13.4 Å². The number of hydrogen-bond donors (Lipinski definition) is 3. The van der Waals surface area contributed by atoms with Crippen molar-refractivity contribution in [1.82, 2.24) is 0 Å². The Kier molecular flexibility index (Phi) is 7.21. The molecule has 0 heterocycles. The second kappa shape index (κ2) is 9.76. The first-order valence-corrected chi connectivity index (χ1v) is 13.0. The molecule has 0 aromatic heterocycles. The smallest absolute Gasteiger partial charge is 0.381 e. The number of hydrogen-bond acceptors (Lipinski definition) is 4. The Balaban J connectivity index is 1.39. The zero-order valence-electron chi connectivity index (χ0n) is 18.7. The Bertz CT molecular complexity index is 962. The Morgan fingerprint density at radius 1 is 1.16 bits per heavy atom. The molecule has 4 atom stereocenters. The van der Waals surface area contributed by atoms with Crippen LogP contribution in [0.4, 0.5) is 0 Å². The summed E-state index contributed by atoms with van der Waals surface area (Å²) >= 11 is 0. The minimum absolute atomic E-state index is 0.111. The molecule has 0 amide bonds. The number of benzene rings is 2. The number of aryl methyl sites for hydroxylation is 1. The van der Waals surface area contributed by atoms with E-state index in [9.17, 15) is 4.57 Å². The topological polar surface area (TPSA) is 102 Å². The first kappa shape index (κ1) is 23.6. The molecular weight excluding hydrogens is 425 g/mol. The minimum atomic E-state index is -4.50. The lowest BCUT2D eigenvalue weighted by Gasteiger charge is -2.31. The summed E-state index contributed by atoms with van der Waals surface area (Å²) < 4.78 is 21.7. The average molecular weight is 460 g/mol. The van der Waals surface area contributed by atoms with Gasteiger partial charge in [-0.2, -0.15) is 0 Å². The molecule has 1 fully saturated rings. The first-order chi connectivity index (χ1) is 15.2. The second-order valence-electron chi connectivity index (χ2n) is 9.56. The van der Waals surface area contributed by atoms with Crippen LogP contribution < -0.4 is 5.73 Å². The molecule has 2 aliphatic carbocycles. The third-order valence-electron chi connectivity index (χ3n) is 7.24. The van der Waals surface area contributed by atoms with Crippen molar-refractivity contribution in [2.24, 2.45) is 11.7 Å². The zero-order chi connectivity index (χ0) is 22.8. The van der Waals surface area contributed by atoms with E-state index in [0.717, 1.165) is 32.1 Å². The van der Waals surface area contributed by atoms with Crippen molar-refractivity contribution in [3.05, 3.63) is 70.8 Å². The van der Waals surface area contributed by atoms with Gasteiger partial charge in [0, 0.05) is 12.6 Å². The summed E-state index contributed by atoms with van der Waals surface area (Å²) in [5.41, 5.74) is 11.1. The van der Waals surface area contributed by atoms with E-state index in [1.54, 1.807) is 0 Å². The highest BCUT2D eigenvalue weighted by Crippen LogP contribution is 2.44. The van der Waals surface area contributed by atoms with Crippen LogP contribution in [0.25, 0.3) is 0 Å². The molecule has 174 valence electrons. The normalized spacial score (nSPS) is 26.6. The molecular formula is C25H34NO5P. The summed E-state index contributed by atoms with van der Waals surface area (Å²) in [6.45, 7) is -0.111. The van der Waals surface area contributed by atoms with E-state index in [2.05, 4.69) is 42.5 Å². The molecule has 1 unspecified atom stereocenters. The SMILES string of the molecule is COC(Cc1ccccc1)[C@H]1CCc2cc([C@@H]3CC[C@@](N)(COP(=O)(O)O)C3)ccc2C1. The quantitative estimate of drug-likeness (QED) is 0.513. The highest BCUT2D eigenvalue weighted by atomic mass is 31.2. The molecule has 2 aliphatic rings. The Morgan fingerprint density at radius 3 is 2.66 bits per heavy atom. The molecule has 0 bridgehead atoms. The summed E-state index contributed by atoms with van der Waals surface area (Å²) in [5.74, 6) is 0.805. The van der Waals surface area contributed by atoms with Gasteiger partial charge in [-0.1, -0.05) is 48.5 Å². The van der Waals surface area contributed by atoms with Gasteiger partial charge in [-0.15, -0.1) is 0 Å². The Morgan fingerprint density at radius 2 is 1.94 bits per heavy atom. The van der Waals surface area contributed by atoms with Gasteiger partial charge in [0.25, 0.3) is 0 Å². The maximum atomic E-state index is 11.0. The summed E-state index contributed by atoms with van der Waals surface area (Å²) in [6.07, 6.45) is 6.63. The number of nitrogens with two attached hydrogens (primary N) is 1. The van der Waals surface area contributed by atoms with E-state index in [0.29, 0.717) is 24.7 Å². The van der Waals surface area contributed by atoms with Crippen LogP contribution in [0.15, 0.2) is 48.5 Å². The van der Waals surface area contributed by atoms with Crippen LogP contribution >= 0.6 is 7.82 Å². The molecule has 0 radical (unpaired) electrons. The van der Waals surface area contributed by atoms with Crippen molar-refractivity contribution in [1.29, 1.82) is 0 Å². The molecule has 6 nitrogen and oxygen atoms in total. The van der Waals surface area contributed by atoms with E-state index in [1.807, 2.05) is 13.2 Å². The number of ether oxygens (including phenoxy) is 1. The molecule has 0 saturated heterocycles. The molecule has 1 saturated carbocycles. The van der Waals surface area contributed by atoms with Crippen molar-refractivity contribution < 1.29 is 23.6 Å². The van der Waals surface area contributed by atoms with Gasteiger partial charge in [-0.05, 0) is 79.0 Å². The average Bonchev–Trinajstić information content (AvgIpc) is 3.18. The number of phosphoric ester groups is 1. The van der Waals surface area contributed by atoms with Gasteiger partial charge in [0.2, 0.25) is 0 Å². The van der Waals surface area contributed by atoms with Crippen molar-refractivity contribution in [3.8, 4) is 0 Å². The molecule has 2 aromatic carbocycles. The third kappa shape index (κ3) is 5.88. The van der Waals surface area contributed by atoms with Gasteiger partial charge in [0.1, 0.15) is 0 Å². The van der Waals surface area contributed by atoms with E-state index in [1.165, 1.54) is 22.3 Å². The lowest BCUT2D eigenvalue weighted by Crippen LogP contribution is -2.41. The van der Waals surface area contributed by atoms with Crippen LogP contribution in [-0.2, 0) is 33.1 Å². The molecule has 7 heteroatoms. The van der Waals surface area contributed by atoms with Crippen molar-refractivity contribution >= 4 is 7.82 Å². The first-order valence-electron chi connectivity index (χ1n) is 11.4. The highest BCUT2D eigenvalue weighted by Gasteiger charge is 2.38. The predicted octanol–water partition coefficient (Wildman–Crippen LogP) is 4.12. The lowest BCUT2D eigenvalue weighted by molar-refractivity contribution is 0.0466. The van der Waals surface area contributed by atoms with Crippen LogP contribution in [0, 0.1) is 5.92 Å². The van der Waals surface area contributed by atoms with Gasteiger partial charge >= 0.3 is 7.82 Å². The van der Waals surface area contributed by atoms with E-state index >= 15 is 0 Å². The van der Waals surface area contributed by atoms with Gasteiger partial charge < -0.3 is 20.3 Å². The second-order valence-corrected chi connectivity index (χ2v) is 10.8. The largest absolute Gasteiger partial charge is 0.469 e. The van der Waals surface area contributed by atoms with Crippen LogP contribution in [0.3, 0.4) is 0 Å². The van der Waals surface area contributed by atoms with Gasteiger partial charge in [0.05, 0.1) is 12.7 Å². The third-order valence-corrected chi connectivity index (χ3v) is 7.71. The molecule has 0 aliphatic heterocycles. The molecule has 4 N–H and O–H groups in total. The summed E-state index contributed by atoms with van der Waals surface area (Å²) in [5, 5.41) is 0. The maximum Gasteiger partial charge on any atom is 0.469 e. The molecule has 4 rings (SSSR count). The molecule has 2 aromatic rings. The van der Waals surface area contributed by atoms with Crippen LogP contribution in [-0.4, -0.2) is 35.1 Å². The molecule has 0 spiro atoms. The summed E-state index contributed by atoms with van der Waals surface area (Å²) in [6, 6.07) is 17.3. The lowest BCUT2D eigenvalue weighted by atomic mass is 9.78. The van der Waals surface area contributed by atoms with Crippen molar-refractivity contribution in [2.75, 3.05) is 13.7 Å². The van der Waals surface area contributed by atoms with E-state index in [4.69, 9.17) is 24.8 Å². The van der Waals surface area contributed by atoms with E-state index in [-0.39, 0.29) is 12.7 Å². The van der Waals surface area contributed by atoms with Crippen LogP contribution in [0.1, 0.15) is 53.9 Å². The fourth-order valence-electron chi connectivity index (χ4n) is 5.45. The van der Waals surface area contributed by atoms with Crippen molar-refractivity contribution in [2.45, 2.75) is 62.5 Å². The highest BCUT2D eigenvalue weighted by molar-refractivity contribution is 7.46. The summed E-state index contributed by atoms with van der Waals surface area (Å²) in [7, 11) is -2.68. The van der Waals surface area contributed by atoms with Gasteiger partial charge in [-0.3, -0.25) is 4.52 Å². The zero-order valence-corrected chi connectivity index (χ0v) is 19.5. The number of methoxy groups -OCH3 is 1. The fourth-order valence-corrected chi connectivity index (χ4v) is 5.87. The fraction of sp³-hybridized carbons (Fsp3) is 0.520. The van der Waals surface area contributed by atoms with Gasteiger partial charge in [-0.25, -0.2) is 4.57 Å². The Labute approximate surface area is 190 Å². The standard InChI is InChI=1S/C25H34NO5P/c1-30-24(13-18-5-3-2-4-6-18)22-10-9-19-14-21(8-7-20(19)15-22)23-11-12-25(26,16-23)17-31-32(27,28)29/h2-8,14,22-24H,9-13,15-17,26H2,1H3,(H2,27,28,29)/t22-,23+,24?,25-/m0/s1. The van der Waals surface area contributed by atoms with Crippen molar-refractivity contribution in [3.63, 3.8) is 0 Å². The number of phosphoric acid groups is 1. The summed E-state index contributed by atoms with van der Waals surface area (Å²) in [4.78, 5) is 18.0. The molecule has 32 heavy (non-hydrogen) atoms. The van der Waals surface area contributed by atoms with Gasteiger partial charge in [0.15, 0.2) is 0 Å². The Hall–Kier alpha value is -1.53. The monoisotopic (exact) mass is 459 g/mol. The maximum absolute atomic E-state index is 11.0.